The molecule has 1 unspecified atom stereocenters. The lowest BCUT2D eigenvalue weighted by atomic mass is 9.85. The monoisotopic (exact) mass is 412 g/mol. The van der Waals surface area contributed by atoms with Crippen LogP contribution in [0.5, 0.6) is 11.5 Å². The standard InChI is InChI=1S/C23H32N4O3/c1-3-10-27-12-8-23(22(27)28)7-11-26(17-23)16-19-5-4-6-20(29-2)21(19)30-15-14-25-13-9-24-18-25/h4-6,9,13,18H,3,7-8,10-12,14-17H2,1-2H3. The molecule has 4 rings (SSSR count). The summed E-state index contributed by atoms with van der Waals surface area (Å²) in [7, 11) is 1.67. The molecule has 2 aliphatic rings. The molecule has 0 saturated carbocycles. The number of carbonyl (C=O) groups is 1. The van der Waals surface area contributed by atoms with Crippen molar-refractivity contribution in [3.05, 3.63) is 42.5 Å². The van der Waals surface area contributed by atoms with E-state index in [-0.39, 0.29) is 5.41 Å². The molecule has 0 N–H and O–H groups in total. The number of likely N-dealkylation sites (tertiary alicyclic amines) is 2. The van der Waals surface area contributed by atoms with Crippen LogP contribution in [0.25, 0.3) is 0 Å². The van der Waals surface area contributed by atoms with Crippen molar-refractivity contribution in [2.45, 2.75) is 39.3 Å². The van der Waals surface area contributed by atoms with Crippen molar-refractivity contribution in [1.29, 1.82) is 0 Å². The molecule has 2 aromatic rings. The van der Waals surface area contributed by atoms with Crippen LogP contribution >= 0.6 is 0 Å². The van der Waals surface area contributed by atoms with Gasteiger partial charge in [0.05, 0.1) is 25.4 Å². The Morgan fingerprint density at radius 3 is 2.83 bits per heavy atom. The molecule has 2 aliphatic heterocycles. The first-order chi connectivity index (χ1) is 14.6. The van der Waals surface area contributed by atoms with Gasteiger partial charge in [-0.3, -0.25) is 9.69 Å². The maximum atomic E-state index is 13.0. The fourth-order valence-electron chi connectivity index (χ4n) is 4.77. The molecule has 0 aliphatic carbocycles. The number of hydrogen-bond donors (Lipinski definition) is 0. The molecule has 1 atom stereocenters. The number of para-hydroxylation sites is 1. The average Bonchev–Trinajstić information content (AvgIpc) is 3.48. The Bertz CT molecular complexity index is 854. The van der Waals surface area contributed by atoms with E-state index in [1.165, 1.54) is 0 Å². The second-order valence-corrected chi connectivity index (χ2v) is 8.38. The van der Waals surface area contributed by atoms with E-state index in [0.29, 0.717) is 12.5 Å². The van der Waals surface area contributed by atoms with Crippen molar-refractivity contribution in [3.8, 4) is 11.5 Å². The lowest BCUT2D eigenvalue weighted by Gasteiger charge is -2.24. The third kappa shape index (κ3) is 4.17. The van der Waals surface area contributed by atoms with Crippen molar-refractivity contribution < 1.29 is 14.3 Å². The smallest absolute Gasteiger partial charge is 0.230 e. The highest BCUT2D eigenvalue weighted by atomic mass is 16.5. The summed E-state index contributed by atoms with van der Waals surface area (Å²) < 4.78 is 13.7. The van der Waals surface area contributed by atoms with Crippen LogP contribution in [0.15, 0.2) is 36.9 Å². The number of amides is 1. The Morgan fingerprint density at radius 2 is 2.07 bits per heavy atom. The van der Waals surface area contributed by atoms with Gasteiger partial charge in [0.1, 0.15) is 6.61 Å². The van der Waals surface area contributed by atoms with E-state index in [0.717, 1.165) is 75.6 Å². The summed E-state index contributed by atoms with van der Waals surface area (Å²) in [5.41, 5.74) is 0.920. The van der Waals surface area contributed by atoms with Crippen LogP contribution < -0.4 is 9.47 Å². The summed E-state index contributed by atoms with van der Waals surface area (Å²) in [6.07, 6.45) is 8.44. The SMILES string of the molecule is CCCN1CCC2(CCN(Cc3cccc(OC)c3OCCn3ccnc3)C2)C1=O. The summed E-state index contributed by atoms with van der Waals surface area (Å²) in [6.45, 7) is 7.73. The third-order valence-electron chi connectivity index (χ3n) is 6.36. The molecule has 1 aromatic heterocycles. The predicted octanol–water partition coefficient (Wildman–Crippen LogP) is 2.81. The van der Waals surface area contributed by atoms with Crippen LogP contribution in [0.3, 0.4) is 0 Å². The van der Waals surface area contributed by atoms with Crippen LogP contribution in [0.2, 0.25) is 0 Å². The van der Waals surface area contributed by atoms with Crippen molar-refractivity contribution in [1.82, 2.24) is 19.4 Å². The lowest BCUT2D eigenvalue weighted by molar-refractivity contribution is -0.135. The molecule has 1 amide bonds. The quantitative estimate of drug-likeness (QED) is 0.634. The van der Waals surface area contributed by atoms with E-state index in [1.54, 1.807) is 19.6 Å². The summed E-state index contributed by atoms with van der Waals surface area (Å²) in [4.78, 5) is 21.5. The second-order valence-electron chi connectivity index (χ2n) is 8.38. The summed E-state index contributed by atoms with van der Waals surface area (Å²) >= 11 is 0. The minimum absolute atomic E-state index is 0.184. The summed E-state index contributed by atoms with van der Waals surface area (Å²) in [6, 6.07) is 6.04. The van der Waals surface area contributed by atoms with E-state index in [1.807, 2.05) is 22.9 Å². The number of ether oxygens (including phenoxy) is 2. The van der Waals surface area contributed by atoms with Gasteiger partial charge in [-0.05, 0) is 31.9 Å². The van der Waals surface area contributed by atoms with Gasteiger partial charge in [0, 0.05) is 44.1 Å². The molecular weight excluding hydrogens is 380 g/mol. The van der Waals surface area contributed by atoms with Crippen LogP contribution in [0.4, 0.5) is 0 Å². The lowest BCUT2D eigenvalue weighted by Crippen LogP contribution is -2.37. The van der Waals surface area contributed by atoms with E-state index < -0.39 is 0 Å². The molecule has 1 spiro atoms. The van der Waals surface area contributed by atoms with Crippen LogP contribution in [-0.2, 0) is 17.9 Å². The first-order valence-corrected chi connectivity index (χ1v) is 10.9. The highest BCUT2D eigenvalue weighted by Crippen LogP contribution is 2.42. The molecule has 2 saturated heterocycles. The zero-order chi connectivity index (χ0) is 21.0. The third-order valence-corrected chi connectivity index (χ3v) is 6.36. The Kier molecular flexibility index (Phi) is 6.27. The number of nitrogens with zero attached hydrogens (tertiary/aromatic N) is 4. The highest BCUT2D eigenvalue weighted by Gasteiger charge is 2.50. The first kappa shape index (κ1) is 20.7. The molecular formula is C23H32N4O3. The zero-order valence-corrected chi connectivity index (χ0v) is 18.0. The number of rotatable bonds is 9. The Labute approximate surface area is 178 Å². The number of aromatic nitrogens is 2. The first-order valence-electron chi connectivity index (χ1n) is 10.9. The molecule has 1 aromatic carbocycles. The maximum absolute atomic E-state index is 13.0. The summed E-state index contributed by atoms with van der Waals surface area (Å²) in [5.74, 6) is 1.90. The summed E-state index contributed by atoms with van der Waals surface area (Å²) in [5, 5.41) is 0. The van der Waals surface area contributed by atoms with Gasteiger partial charge in [-0.15, -0.1) is 0 Å². The number of methoxy groups -OCH3 is 1. The molecule has 0 radical (unpaired) electrons. The topological polar surface area (TPSA) is 59.8 Å². The minimum atomic E-state index is -0.184. The largest absolute Gasteiger partial charge is 0.493 e. The van der Waals surface area contributed by atoms with Gasteiger partial charge in [-0.25, -0.2) is 4.98 Å². The molecule has 7 heteroatoms. The molecule has 30 heavy (non-hydrogen) atoms. The van der Waals surface area contributed by atoms with Crippen molar-refractivity contribution in [2.75, 3.05) is 39.9 Å². The van der Waals surface area contributed by atoms with Gasteiger partial charge in [0.2, 0.25) is 5.91 Å². The molecule has 0 bridgehead atoms. The predicted molar refractivity (Wildman–Crippen MR) is 115 cm³/mol. The zero-order valence-electron chi connectivity index (χ0n) is 18.0. The van der Waals surface area contributed by atoms with Gasteiger partial charge in [-0.1, -0.05) is 19.1 Å². The normalized spacial score (nSPS) is 21.7. The van der Waals surface area contributed by atoms with Crippen LogP contribution in [0, 0.1) is 5.41 Å². The van der Waals surface area contributed by atoms with E-state index in [2.05, 4.69) is 27.8 Å². The van der Waals surface area contributed by atoms with Gasteiger partial charge in [0.25, 0.3) is 0 Å². The average molecular weight is 413 g/mol. The highest BCUT2D eigenvalue weighted by molar-refractivity contribution is 5.85. The second kappa shape index (κ2) is 9.08. The van der Waals surface area contributed by atoms with Crippen molar-refractivity contribution in [3.63, 3.8) is 0 Å². The number of carbonyl (C=O) groups excluding carboxylic acids is 1. The number of benzene rings is 1. The Morgan fingerprint density at radius 1 is 1.20 bits per heavy atom. The maximum Gasteiger partial charge on any atom is 0.230 e. The van der Waals surface area contributed by atoms with E-state index in [4.69, 9.17) is 9.47 Å². The van der Waals surface area contributed by atoms with Crippen LogP contribution in [0.1, 0.15) is 31.7 Å². The van der Waals surface area contributed by atoms with Crippen LogP contribution in [-0.4, -0.2) is 65.2 Å². The molecule has 2 fully saturated rings. The van der Waals surface area contributed by atoms with Crippen molar-refractivity contribution >= 4 is 5.91 Å². The number of imidazole rings is 1. The molecule has 162 valence electrons. The van der Waals surface area contributed by atoms with Gasteiger partial charge in [0.15, 0.2) is 11.5 Å². The fraction of sp³-hybridized carbons (Fsp3) is 0.565. The van der Waals surface area contributed by atoms with E-state index >= 15 is 0 Å². The Hall–Kier alpha value is -2.54. The van der Waals surface area contributed by atoms with E-state index in [9.17, 15) is 4.79 Å². The van der Waals surface area contributed by atoms with Gasteiger partial charge in [-0.2, -0.15) is 0 Å². The van der Waals surface area contributed by atoms with Crippen molar-refractivity contribution in [2.24, 2.45) is 5.41 Å². The molecule has 7 nitrogen and oxygen atoms in total. The number of hydrogen-bond acceptors (Lipinski definition) is 5. The van der Waals surface area contributed by atoms with Gasteiger partial charge >= 0.3 is 0 Å². The van der Waals surface area contributed by atoms with Gasteiger partial charge < -0.3 is 18.9 Å². The minimum Gasteiger partial charge on any atom is -0.493 e. The fourth-order valence-corrected chi connectivity index (χ4v) is 4.77. The molecule has 3 heterocycles. The Balaban J connectivity index is 1.42.